The van der Waals surface area contributed by atoms with Gasteiger partial charge in [-0.25, -0.2) is 0 Å². The van der Waals surface area contributed by atoms with Crippen LogP contribution in [0.1, 0.15) is 45.4 Å². The Labute approximate surface area is 115 Å². The molecule has 0 aromatic heterocycles. The van der Waals surface area contributed by atoms with Crippen molar-refractivity contribution in [3.05, 3.63) is 21.0 Å². The summed E-state index contributed by atoms with van der Waals surface area (Å²) in [6, 6.07) is 0. The van der Waals surface area contributed by atoms with Crippen LogP contribution < -0.4 is 24.8 Å². The van der Waals surface area contributed by atoms with Gasteiger partial charge in [0, 0.05) is 0 Å². The number of unbranched alkanes of at least 4 members (excludes halogenated alkanes) is 3. The third-order valence-electron chi connectivity index (χ3n) is 2.26. The van der Waals surface area contributed by atoms with E-state index in [4.69, 9.17) is 0 Å². The Morgan fingerprint density at radius 3 is 2.43 bits per heavy atom. The van der Waals surface area contributed by atoms with Crippen molar-refractivity contribution < 1.29 is 49.5 Å². The quantitative estimate of drug-likeness (QED) is 0.502. The standard InChI is InChI=1S/C11H17.2ClH.Zr/c1-2-3-4-5-8-11-9-6-7-10-11;;;/h9-10H,2-6,8H2,1H3;2*1H;/q;;;+2/p-2. The second-order valence-corrected chi connectivity index (χ2v) is 5.04. The minimum Gasteiger partial charge on any atom is -1.00 e. The molecule has 0 spiro atoms. The number of halogens is 2. The molecule has 0 N–H and O–H groups in total. The molecule has 0 heterocycles. The maximum atomic E-state index is 2.40. The van der Waals surface area contributed by atoms with Crippen LogP contribution in [-0.2, 0) is 24.7 Å². The third-order valence-corrected chi connectivity index (χ3v) is 3.12. The second-order valence-electron chi connectivity index (χ2n) is 3.46. The van der Waals surface area contributed by atoms with E-state index < -0.39 is 0 Å². The predicted octanol–water partition coefficient (Wildman–Crippen LogP) is -2.27. The Morgan fingerprint density at radius 1 is 1.21 bits per heavy atom. The molecule has 79 valence electrons. The molecular weight excluding hydrogens is 294 g/mol. The van der Waals surface area contributed by atoms with Crippen LogP contribution in [0.3, 0.4) is 0 Å². The third kappa shape index (κ3) is 7.26. The van der Waals surface area contributed by atoms with E-state index in [0.29, 0.717) is 0 Å². The summed E-state index contributed by atoms with van der Waals surface area (Å²) in [5.74, 6) is 0. The fraction of sp³-hybridized carbons (Fsp3) is 0.636. The number of hydrogen-bond donors (Lipinski definition) is 0. The molecule has 0 saturated carbocycles. The van der Waals surface area contributed by atoms with Crippen molar-refractivity contribution in [1.29, 1.82) is 0 Å². The summed E-state index contributed by atoms with van der Waals surface area (Å²) in [4.78, 5) is 0. The summed E-state index contributed by atoms with van der Waals surface area (Å²) < 4.78 is 1.62. The fourth-order valence-electron chi connectivity index (χ4n) is 1.51. The van der Waals surface area contributed by atoms with E-state index in [1.54, 1.807) is 33.6 Å². The van der Waals surface area contributed by atoms with Crippen LogP contribution in [0.4, 0.5) is 0 Å². The zero-order chi connectivity index (χ0) is 8.81. The van der Waals surface area contributed by atoms with Crippen LogP contribution in [0.15, 0.2) is 21.0 Å². The normalized spacial score (nSPS) is 13.9. The van der Waals surface area contributed by atoms with Gasteiger partial charge < -0.3 is 24.8 Å². The van der Waals surface area contributed by atoms with Crippen molar-refractivity contribution >= 4 is 0 Å². The first-order valence-electron chi connectivity index (χ1n) is 4.94. The van der Waals surface area contributed by atoms with Gasteiger partial charge in [-0.1, -0.05) is 0 Å². The Bertz CT molecular complexity index is 197. The van der Waals surface area contributed by atoms with Crippen LogP contribution >= 0.6 is 0 Å². The predicted molar refractivity (Wildman–Crippen MR) is 49.5 cm³/mol. The first-order chi connectivity index (χ1) is 5.83. The van der Waals surface area contributed by atoms with Crippen molar-refractivity contribution in [2.75, 3.05) is 0 Å². The molecule has 0 fully saturated rings. The zero-order valence-corrected chi connectivity index (χ0v) is 12.6. The molecule has 0 nitrogen and oxygen atoms in total. The van der Waals surface area contributed by atoms with Gasteiger partial charge in [-0.15, -0.1) is 0 Å². The number of rotatable bonds is 5. The molecule has 14 heavy (non-hydrogen) atoms. The summed E-state index contributed by atoms with van der Waals surface area (Å²) in [5, 5.41) is 0. The van der Waals surface area contributed by atoms with Gasteiger partial charge in [0.05, 0.1) is 0 Å². The van der Waals surface area contributed by atoms with Gasteiger partial charge in [0.15, 0.2) is 0 Å². The summed E-state index contributed by atoms with van der Waals surface area (Å²) in [5.41, 5.74) is 1.60. The maximum Gasteiger partial charge on any atom is -1.00 e. The molecule has 0 aromatic rings. The zero-order valence-electron chi connectivity index (χ0n) is 8.65. The molecule has 0 unspecified atom stereocenters. The molecule has 1 aliphatic rings. The molecule has 1 aliphatic carbocycles. The molecule has 0 aliphatic heterocycles. The summed E-state index contributed by atoms with van der Waals surface area (Å²) in [6.07, 6.45) is 12.9. The van der Waals surface area contributed by atoms with Crippen LogP contribution in [-0.4, -0.2) is 0 Å². The van der Waals surface area contributed by atoms with E-state index in [9.17, 15) is 0 Å². The van der Waals surface area contributed by atoms with Crippen LogP contribution in [0, 0.1) is 0 Å². The SMILES string of the molecule is CCCCCCC1=CC[C]([Zr+2])=C1.[Cl-].[Cl-]. The number of hydrogen-bond acceptors (Lipinski definition) is 0. The average molecular weight is 311 g/mol. The summed E-state index contributed by atoms with van der Waals surface area (Å²) >= 11 is 1.60. The summed E-state index contributed by atoms with van der Waals surface area (Å²) in [6.45, 7) is 2.27. The van der Waals surface area contributed by atoms with Gasteiger partial charge in [0.2, 0.25) is 0 Å². The van der Waals surface area contributed by atoms with Crippen molar-refractivity contribution in [3.8, 4) is 0 Å². The van der Waals surface area contributed by atoms with E-state index in [-0.39, 0.29) is 24.8 Å². The van der Waals surface area contributed by atoms with Crippen molar-refractivity contribution in [2.24, 2.45) is 0 Å². The van der Waals surface area contributed by atoms with Crippen molar-refractivity contribution in [2.45, 2.75) is 45.4 Å². The first-order valence-corrected chi connectivity index (χ1v) is 6.17. The molecule has 0 amide bonds. The fourth-order valence-corrected chi connectivity index (χ4v) is 2.22. The molecular formula is C11H17Cl2Zr. The van der Waals surface area contributed by atoms with Gasteiger partial charge in [0.25, 0.3) is 0 Å². The van der Waals surface area contributed by atoms with Gasteiger partial charge >= 0.3 is 91.2 Å². The largest absolute Gasteiger partial charge is 1.00 e. The Balaban J connectivity index is 0. The minimum atomic E-state index is 0. The molecule has 0 bridgehead atoms. The first kappa shape index (κ1) is 17.3. The Hall–Kier alpha value is 0.943. The van der Waals surface area contributed by atoms with Gasteiger partial charge in [0.1, 0.15) is 0 Å². The van der Waals surface area contributed by atoms with Gasteiger partial charge in [-0.3, -0.25) is 0 Å². The average Bonchev–Trinajstić information content (AvgIpc) is 2.45. The molecule has 3 heteroatoms. The molecule has 0 saturated heterocycles. The van der Waals surface area contributed by atoms with Gasteiger partial charge in [-0.2, -0.15) is 0 Å². The molecule has 0 atom stereocenters. The van der Waals surface area contributed by atoms with E-state index in [1.807, 2.05) is 0 Å². The summed E-state index contributed by atoms with van der Waals surface area (Å²) in [7, 11) is 0. The monoisotopic (exact) mass is 309 g/mol. The molecule has 1 rings (SSSR count). The maximum absolute atomic E-state index is 2.40. The van der Waals surface area contributed by atoms with E-state index in [2.05, 4.69) is 19.1 Å². The molecule has 0 aromatic carbocycles. The number of allylic oxidation sites excluding steroid dienone is 4. The Morgan fingerprint density at radius 2 is 1.93 bits per heavy atom. The smallest absolute Gasteiger partial charge is 1.00 e. The van der Waals surface area contributed by atoms with Crippen LogP contribution in [0.25, 0.3) is 0 Å². The second kappa shape index (κ2) is 10.5. The van der Waals surface area contributed by atoms with Crippen LogP contribution in [0.5, 0.6) is 0 Å². The van der Waals surface area contributed by atoms with Crippen LogP contribution in [0.2, 0.25) is 0 Å². The molecule has 0 radical (unpaired) electrons. The van der Waals surface area contributed by atoms with Crippen molar-refractivity contribution in [1.82, 2.24) is 0 Å². The minimum absolute atomic E-state index is 0. The van der Waals surface area contributed by atoms with E-state index in [1.165, 1.54) is 38.5 Å². The topological polar surface area (TPSA) is 0 Å². The van der Waals surface area contributed by atoms with E-state index in [0.717, 1.165) is 0 Å². The van der Waals surface area contributed by atoms with Gasteiger partial charge in [-0.05, 0) is 0 Å². The Kier molecular flexibility index (Phi) is 13.0. The van der Waals surface area contributed by atoms with E-state index >= 15 is 0 Å². The van der Waals surface area contributed by atoms with Crippen molar-refractivity contribution in [3.63, 3.8) is 0 Å².